The van der Waals surface area contributed by atoms with Crippen molar-refractivity contribution in [3.8, 4) is 48.6 Å². The first-order chi connectivity index (χ1) is 5.79. The molecule has 0 aromatic rings. The third-order valence-electron chi connectivity index (χ3n) is 0.933. The second-order valence-electron chi connectivity index (χ2n) is 1.58. The van der Waals surface area contributed by atoms with Gasteiger partial charge in [0.1, 0.15) is 11.1 Å². The van der Waals surface area contributed by atoms with E-state index in [1.165, 1.54) is 0 Å². The van der Waals surface area contributed by atoms with Crippen LogP contribution in [-0.2, 0) is 0 Å². The monoisotopic (exact) mass is 154 g/mol. The predicted octanol–water partition coefficient (Wildman–Crippen LogP) is -0.611. The molecular formula is C10H6N2. The minimum Gasteiger partial charge on any atom is -0.359 e. The van der Waals surface area contributed by atoms with Crippen LogP contribution in [0.3, 0.4) is 0 Å². The van der Waals surface area contributed by atoms with Crippen molar-refractivity contribution >= 4 is 0 Å². The largest absolute Gasteiger partial charge is 0.359 e. The second-order valence-corrected chi connectivity index (χ2v) is 1.58. The summed E-state index contributed by atoms with van der Waals surface area (Å²) in [7, 11) is 0. The first-order valence-corrected chi connectivity index (χ1v) is 2.90. The quantitative estimate of drug-likeness (QED) is 0.361. The highest BCUT2D eigenvalue weighted by molar-refractivity contribution is 5.58. The highest BCUT2D eigenvalue weighted by atomic mass is 14.5. The Morgan fingerprint density at radius 3 is 1.33 bits per heavy atom. The van der Waals surface area contributed by atoms with Gasteiger partial charge in [-0.2, -0.15) is 0 Å². The zero-order chi connectivity index (χ0) is 9.40. The summed E-state index contributed by atoms with van der Waals surface area (Å²) in [6, 6.07) is 4.27. The van der Waals surface area contributed by atoms with Crippen LogP contribution in [0.2, 0.25) is 0 Å². The molecular weight excluding hydrogens is 148 g/mol. The Bertz CT molecular complexity index is 352. The Hall–Kier alpha value is -2.42. The number of nitrogens with two attached hydrogens (primary N) is 2. The molecule has 0 radical (unpaired) electrons. The summed E-state index contributed by atoms with van der Waals surface area (Å²) in [5, 5.41) is 0. The predicted molar refractivity (Wildman–Crippen MR) is 48.6 cm³/mol. The van der Waals surface area contributed by atoms with Gasteiger partial charge in [0, 0.05) is 12.1 Å². The molecule has 0 fully saturated rings. The molecule has 0 heterocycles. The third kappa shape index (κ3) is 2.45. The maximum absolute atomic E-state index is 5.10. The Morgan fingerprint density at radius 1 is 0.833 bits per heavy atom. The van der Waals surface area contributed by atoms with Gasteiger partial charge in [0.05, 0.1) is 0 Å². The molecule has 0 bridgehead atoms. The number of rotatable bonds is 0. The fraction of sp³-hybridized carbons (Fsp3) is 0. The highest BCUT2D eigenvalue weighted by Crippen LogP contribution is 1.98. The number of hydrogen-bond acceptors (Lipinski definition) is 2. The SMILES string of the molecule is C#CC(C#CN)=C(C#C)C#CN. The lowest BCUT2D eigenvalue weighted by molar-refractivity contribution is 1.68. The summed E-state index contributed by atoms with van der Waals surface area (Å²) < 4.78 is 0. The molecule has 0 amide bonds. The van der Waals surface area contributed by atoms with Crippen LogP contribution in [0.1, 0.15) is 0 Å². The van der Waals surface area contributed by atoms with Gasteiger partial charge in [0.25, 0.3) is 0 Å². The minimum atomic E-state index is 0.276. The molecule has 0 saturated heterocycles. The average molecular weight is 154 g/mol. The first-order valence-electron chi connectivity index (χ1n) is 2.90. The van der Waals surface area contributed by atoms with Crippen molar-refractivity contribution in [2.24, 2.45) is 11.5 Å². The molecule has 2 nitrogen and oxygen atoms in total. The van der Waals surface area contributed by atoms with E-state index in [2.05, 4.69) is 35.8 Å². The normalized spacial score (nSPS) is 8.50. The molecule has 0 rings (SSSR count). The van der Waals surface area contributed by atoms with Gasteiger partial charge >= 0.3 is 0 Å². The maximum Gasteiger partial charge on any atom is 0.100 e. The Morgan fingerprint density at radius 2 is 1.17 bits per heavy atom. The van der Waals surface area contributed by atoms with Gasteiger partial charge in [-0.25, -0.2) is 0 Å². The molecule has 12 heavy (non-hydrogen) atoms. The van der Waals surface area contributed by atoms with Gasteiger partial charge in [0.2, 0.25) is 0 Å². The minimum absolute atomic E-state index is 0.276. The summed E-state index contributed by atoms with van der Waals surface area (Å²) in [6.07, 6.45) is 10.2. The molecule has 0 aromatic heterocycles. The van der Waals surface area contributed by atoms with Crippen LogP contribution in [0.4, 0.5) is 0 Å². The van der Waals surface area contributed by atoms with Crippen LogP contribution in [0, 0.1) is 48.6 Å². The topological polar surface area (TPSA) is 52.0 Å². The van der Waals surface area contributed by atoms with E-state index >= 15 is 0 Å². The van der Waals surface area contributed by atoms with E-state index in [0.717, 1.165) is 0 Å². The van der Waals surface area contributed by atoms with E-state index in [4.69, 9.17) is 24.3 Å². The van der Waals surface area contributed by atoms with Gasteiger partial charge in [-0.1, -0.05) is 11.8 Å². The molecule has 4 N–H and O–H groups in total. The summed E-state index contributed by atoms with van der Waals surface area (Å²) >= 11 is 0. The molecule has 2 heteroatoms. The van der Waals surface area contributed by atoms with Crippen molar-refractivity contribution < 1.29 is 0 Å². The molecule has 0 saturated carbocycles. The van der Waals surface area contributed by atoms with Crippen molar-refractivity contribution in [3.63, 3.8) is 0 Å². The summed E-state index contributed by atoms with van der Waals surface area (Å²) in [6.45, 7) is 0. The van der Waals surface area contributed by atoms with Crippen LogP contribution in [0.5, 0.6) is 0 Å². The van der Waals surface area contributed by atoms with Gasteiger partial charge < -0.3 is 11.5 Å². The Balaban J connectivity index is 5.29. The highest BCUT2D eigenvalue weighted by Gasteiger charge is 1.93. The lowest BCUT2D eigenvalue weighted by atomic mass is 10.1. The summed E-state index contributed by atoms with van der Waals surface area (Å²) in [5.74, 6) is 9.41. The third-order valence-corrected chi connectivity index (χ3v) is 0.933. The van der Waals surface area contributed by atoms with E-state index in [9.17, 15) is 0 Å². The van der Waals surface area contributed by atoms with Crippen LogP contribution >= 0.6 is 0 Å². The fourth-order valence-corrected chi connectivity index (χ4v) is 0.486. The van der Waals surface area contributed by atoms with Crippen molar-refractivity contribution in [2.45, 2.75) is 0 Å². The second kappa shape index (κ2) is 5.37. The summed E-state index contributed by atoms with van der Waals surface area (Å²) in [5.41, 5.74) is 10.5. The van der Waals surface area contributed by atoms with Crippen LogP contribution < -0.4 is 11.5 Å². The van der Waals surface area contributed by atoms with Crippen molar-refractivity contribution in [1.82, 2.24) is 0 Å². The van der Waals surface area contributed by atoms with Crippen LogP contribution in [0.15, 0.2) is 11.1 Å². The lowest BCUT2D eigenvalue weighted by Gasteiger charge is -1.87. The number of hydrogen-bond donors (Lipinski definition) is 2. The molecule has 0 aliphatic rings. The van der Waals surface area contributed by atoms with E-state index in [-0.39, 0.29) is 11.1 Å². The van der Waals surface area contributed by atoms with Gasteiger partial charge in [-0.3, -0.25) is 0 Å². The van der Waals surface area contributed by atoms with Gasteiger partial charge in [0.15, 0.2) is 0 Å². The number of terminal acetylenes is 2. The van der Waals surface area contributed by atoms with Crippen molar-refractivity contribution in [1.29, 1.82) is 0 Å². The van der Waals surface area contributed by atoms with E-state index in [1.807, 2.05) is 0 Å². The maximum atomic E-state index is 5.10. The molecule has 0 aliphatic carbocycles. The zero-order valence-corrected chi connectivity index (χ0v) is 6.31. The molecule has 0 spiro atoms. The zero-order valence-electron chi connectivity index (χ0n) is 6.31. The molecule has 0 atom stereocenters. The molecule has 56 valence electrons. The van der Waals surface area contributed by atoms with Crippen molar-refractivity contribution in [2.75, 3.05) is 0 Å². The van der Waals surface area contributed by atoms with E-state index in [1.54, 1.807) is 0 Å². The fourth-order valence-electron chi connectivity index (χ4n) is 0.486. The smallest absolute Gasteiger partial charge is 0.100 e. The standard InChI is InChI=1S/C10H6N2/c1-3-9(5-7-11)10(4-2)6-8-12/h1-2H,11-12H2. The average Bonchev–Trinajstić information content (AvgIpc) is 2.11. The molecule has 0 unspecified atom stereocenters. The number of allylic oxidation sites excluding steroid dienone is 2. The van der Waals surface area contributed by atoms with Crippen molar-refractivity contribution in [3.05, 3.63) is 11.1 Å². The lowest BCUT2D eigenvalue weighted by Crippen LogP contribution is -1.87. The van der Waals surface area contributed by atoms with E-state index < -0.39 is 0 Å². The van der Waals surface area contributed by atoms with Gasteiger partial charge in [-0.05, 0) is 11.8 Å². The molecule has 0 aliphatic heterocycles. The Kier molecular flexibility index (Phi) is 4.29. The first kappa shape index (κ1) is 9.58. The molecule has 0 aromatic carbocycles. The summed E-state index contributed by atoms with van der Waals surface area (Å²) in [4.78, 5) is 0. The van der Waals surface area contributed by atoms with Crippen LogP contribution in [-0.4, -0.2) is 0 Å². The van der Waals surface area contributed by atoms with E-state index in [0.29, 0.717) is 0 Å². The Labute approximate surface area is 72.0 Å². The van der Waals surface area contributed by atoms with Crippen LogP contribution in [0.25, 0.3) is 0 Å². The van der Waals surface area contributed by atoms with Gasteiger partial charge in [-0.15, -0.1) is 12.8 Å².